The molecule has 1 saturated heterocycles. The zero-order valence-electron chi connectivity index (χ0n) is 13.2. The van der Waals surface area contributed by atoms with Gasteiger partial charge in [0, 0.05) is 19.2 Å². The van der Waals surface area contributed by atoms with E-state index in [1.54, 1.807) is 17.3 Å². The second-order valence-electron chi connectivity index (χ2n) is 5.92. The quantitative estimate of drug-likeness (QED) is 0.820. The maximum Gasteiger partial charge on any atom is 0.246 e. The Labute approximate surface area is 127 Å². The first-order valence-corrected chi connectivity index (χ1v) is 9.19. The average Bonchev–Trinajstić information content (AvgIpc) is 2.81. The summed E-state index contributed by atoms with van der Waals surface area (Å²) in [6.07, 6.45) is 3.07. The lowest BCUT2D eigenvalue weighted by Gasteiger charge is -2.29. The van der Waals surface area contributed by atoms with Gasteiger partial charge in [-0.1, -0.05) is 13.8 Å². The molecule has 1 atom stereocenters. The topological polar surface area (TPSA) is 62.6 Å². The van der Waals surface area contributed by atoms with Crippen LogP contribution in [0.1, 0.15) is 44.6 Å². The van der Waals surface area contributed by atoms with E-state index in [1.165, 1.54) is 0 Å². The van der Waals surface area contributed by atoms with Gasteiger partial charge < -0.3 is 9.73 Å². The van der Waals surface area contributed by atoms with Gasteiger partial charge in [0.15, 0.2) is 0 Å². The molecule has 0 aromatic carbocycles. The van der Waals surface area contributed by atoms with E-state index < -0.39 is 10.0 Å². The smallest absolute Gasteiger partial charge is 0.246 e. The molecule has 1 unspecified atom stereocenters. The highest BCUT2D eigenvalue weighted by Crippen LogP contribution is 2.27. The van der Waals surface area contributed by atoms with Crippen molar-refractivity contribution in [2.75, 3.05) is 19.6 Å². The van der Waals surface area contributed by atoms with Crippen molar-refractivity contribution in [2.24, 2.45) is 5.92 Å². The highest BCUT2D eigenvalue weighted by Gasteiger charge is 2.31. The Hall–Kier alpha value is -0.850. The van der Waals surface area contributed by atoms with Crippen LogP contribution in [0.2, 0.25) is 0 Å². The van der Waals surface area contributed by atoms with E-state index in [-0.39, 0.29) is 0 Å². The van der Waals surface area contributed by atoms with Gasteiger partial charge >= 0.3 is 0 Å². The molecule has 0 saturated carbocycles. The lowest BCUT2D eigenvalue weighted by molar-refractivity contribution is 0.281. The molecule has 1 aromatic heterocycles. The van der Waals surface area contributed by atoms with Gasteiger partial charge in [0.2, 0.25) is 10.0 Å². The van der Waals surface area contributed by atoms with Crippen LogP contribution < -0.4 is 5.32 Å². The molecule has 1 fully saturated rings. The van der Waals surface area contributed by atoms with Crippen molar-refractivity contribution in [3.8, 4) is 0 Å². The minimum absolute atomic E-state index is 0.324. The molecule has 120 valence electrons. The van der Waals surface area contributed by atoms with Gasteiger partial charge in [0.1, 0.15) is 16.4 Å². The van der Waals surface area contributed by atoms with E-state index in [9.17, 15) is 8.42 Å². The zero-order valence-corrected chi connectivity index (χ0v) is 14.0. The zero-order chi connectivity index (χ0) is 15.5. The normalized spacial score (nSPS) is 20.8. The van der Waals surface area contributed by atoms with Crippen LogP contribution in [0.5, 0.6) is 0 Å². The molecule has 0 spiro atoms. The lowest BCUT2D eigenvalue weighted by Crippen LogP contribution is -2.39. The summed E-state index contributed by atoms with van der Waals surface area (Å²) in [5, 5.41) is 3.23. The van der Waals surface area contributed by atoms with Crippen LogP contribution in [0, 0.1) is 12.8 Å². The van der Waals surface area contributed by atoms with Crippen molar-refractivity contribution < 1.29 is 12.8 Å². The predicted octanol–water partition coefficient (Wildman–Crippen LogP) is 2.51. The number of piperidine rings is 1. The van der Waals surface area contributed by atoms with Gasteiger partial charge in [-0.25, -0.2) is 8.42 Å². The minimum Gasteiger partial charge on any atom is -0.464 e. The van der Waals surface area contributed by atoms with E-state index in [4.69, 9.17) is 4.42 Å². The molecule has 5 nitrogen and oxygen atoms in total. The van der Waals surface area contributed by atoms with E-state index >= 15 is 0 Å². The Bertz CT molecular complexity index is 565. The standard InChI is InChI=1S/C15H26N2O3S/c1-4-7-16-10-14-9-15(13(3)20-14)21(18,19)17-8-5-6-12(2)11-17/h9,12,16H,4-8,10-11H2,1-3H3. The van der Waals surface area contributed by atoms with E-state index in [2.05, 4.69) is 19.2 Å². The van der Waals surface area contributed by atoms with Crippen LogP contribution in [0.25, 0.3) is 0 Å². The molecule has 1 aliphatic heterocycles. The summed E-state index contributed by atoms with van der Waals surface area (Å²) in [5.74, 6) is 1.59. The fraction of sp³-hybridized carbons (Fsp3) is 0.733. The van der Waals surface area contributed by atoms with Crippen molar-refractivity contribution in [2.45, 2.75) is 51.5 Å². The summed E-state index contributed by atoms with van der Waals surface area (Å²) in [6, 6.07) is 1.67. The molecule has 0 bridgehead atoms. The van der Waals surface area contributed by atoms with E-state index in [0.29, 0.717) is 42.0 Å². The molecule has 2 rings (SSSR count). The van der Waals surface area contributed by atoms with Crippen molar-refractivity contribution in [1.29, 1.82) is 0 Å². The number of sulfonamides is 1. The monoisotopic (exact) mass is 314 g/mol. The van der Waals surface area contributed by atoms with Crippen LogP contribution in [-0.2, 0) is 16.6 Å². The third-order valence-electron chi connectivity index (χ3n) is 3.89. The number of rotatable bonds is 6. The number of hydrogen-bond acceptors (Lipinski definition) is 4. The number of nitrogens with zero attached hydrogens (tertiary/aromatic N) is 1. The van der Waals surface area contributed by atoms with Crippen molar-refractivity contribution in [3.05, 3.63) is 17.6 Å². The van der Waals surface area contributed by atoms with Crippen molar-refractivity contribution in [3.63, 3.8) is 0 Å². The molecule has 0 aliphatic carbocycles. The molecule has 0 amide bonds. The van der Waals surface area contributed by atoms with Crippen LogP contribution in [0.15, 0.2) is 15.4 Å². The van der Waals surface area contributed by atoms with E-state index in [0.717, 1.165) is 25.8 Å². The second kappa shape index (κ2) is 6.94. The highest BCUT2D eigenvalue weighted by atomic mass is 32.2. The summed E-state index contributed by atoms with van der Waals surface area (Å²) < 4.78 is 32.7. The average molecular weight is 314 g/mol. The fourth-order valence-corrected chi connectivity index (χ4v) is 4.54. The van der Waals surface area contributed by atoms with Gasteiger partial charge in [0.05, 0.1) is 6.54 Å². The van der Waals surface area contributed by atoms with Crippen LogP contribution in [-0.4, -0.2) is 32.4 Å². The molecule has 1 aliphatic rings. The summed E-state index contributed by atoms with van der Waals surface area (Å²) in [6.45, 7) is 8.60. The van der Waals surface area contributed by atoms with Gasteiger partial charge in [0.25, 0.3) is 0 Å². The maximum atomic E-state index is 12.7. The summed E-state index contributed by atoms with van der Waals surface area (Å²) in [4.78, 5) is 0.324. The molecule has 0 radical (unpaired) electrons. The second-order valence-corrected chi connectivity index (χ2v) is 7.83. The summed E-state index contributed by atoms with van der Waals surface area (Å²) >= 11 is 0. The third-order valence-corrected chi connectivity index (χ3v) is 5.86. The highest BCUT2D eigenvalue weighted by molar-refractivity contribution is 7.89. The van der Waals surface area contributed by atoms with Gasteiger partial charge in [-0.3, -0.25) is 0 Å². The Morgan fingerprint density at radius 1 is 1.48 bits per heavy atom. The third kappa shape index (κ3) is 3.87. The van der Waals surface area contributed by atoms with E-state index in [1.807, 2.05) is 0 Å². The number of hydrogen-bond donors (Lipinski definition) is 1. The molecular formula is C15H26N2O3S. The molecule has 21 heavy (non-hydrogen) atoms. The Morgan fingerprint density at radius 2 is 2.24 bits per heavy atom. The first-order valence-electron chi connectivity index (χ1n) is 7.75. The van der Waals surface area contributed by atoms with Crippen LogP contribution in [0.3, 0.4) is 0 Å². The van der Waals surface area contributed by atoms with Crippen molar-refractivity contribution >= 4 is 10.0 Å². The Kier molecular flexibility index (Phi) is 5.46. The maximum absolute atomic E-state index is 12.7. The van der Waals surface area contributed by atoms with Gasteiger partial charge in [-0.15, -0.1) is 0 Å². The Morgan fingerprint density at radius 3 is 2.90 bits per heavy atom. The molecule has 1 N–H and O–H groups in total. The minimum atomic E-state index is -3.42. The first-order chi connectivity index (χ1) is 9.95. The van der Waals surface area contributed by atoms with Crippen LogP contribution in [0.4, 0.5) is 0 Å². The number of nitrogens with one attached hydrogen (secondary N) is 1. The van der Waals surface area contributed by atoms with Crippen LogP contribution >= 0.6 is 0 Å². The van der Waals surface area contributed by atoms with Gasteiger partial charge in [-0.2, -0.15) is 4.31 Å². The lowest BCUT2D eigenvalue weighted by atomic mass is 10.0. The molecule has 2 heterocycles. The Balaban J connectivity index is 2.15. The van der Waals surface area contributed by atoms with Crippen molar-refractivity contribution in [1.82, 2.24) is 9.62 Å². The largest absolute Gasteiger partial charge is 0.464 e. The SMILES string of the molecule is CCCNCc1cc(S(=O)(=O)N2CCCC(C)C2)c(C)o1. The fourth-order valence-electron chi connectivity index (χ4n) is 2.76. The predicted molar refractivity (Wildman–Crippen MR) is 82.6 cm³/mol. The summed E-state index contributed by atoms with van der Waals surface area (Å²) in [7, 11) is -3.42. The number of furan rings is 1. The first kappa shape index (κ1) is 16.5. The molecular weight excluding hydrogens is 288 g/mol. The molecule has 6 heteroatoms. The summed E-state index contributed by atoms with van der Waals surface area (Å²) in [5.41, 5.74) is 0. The number of aryl methyl sites for hydroxylation is 1. The van der Waals surface area contributed by atoms with Gasteiger partial charge in [-0.05, 0) is 38.6 Å². The molecule has 1 aromatic rings.